The number of nitriles is 1. The minimum absolute atomic E-state index is 0.0246. The van der Waals surface area contributed by atoms with Gasteiger partial charge in [0.25, 0.3) is 0 Å². The summed E-state index contributed by atoms with van der Waals surface area (Å²) in [5.41, 5.74) is 4.22. The van der Waals surface area contributed by atoms with Crippen LogP contribution >= 0.6 is 11.3 Å². The number of aryl methyl sites for hydroxylation is 1. The lowest BCUT2D eigenvalue weighted by atomic mass is 9.96. The van der Waals surface area contributed by atoms with E-state index < -0.39 is 0 Å². The highest BCUT2D eigenvalue weighted by Gasteiger charge is 2.18. The van der Waals surface area contributed by atoms with Gasteiger partial charge in [-0.15, -0.1) is 11.3 Å². The van der Waals surface area contributed by atoms with Crippen molar-refractivity contribution in [1.82, 2.24) is 15.0 Å². The quantitative estimate of drug-likeness (QED) is 0.685. The molecule has 0 aliphatic heterocycles. The molecule has 2 heterocycles. The summed E-state index contributed by atoms with van der Waals surface area (Å²) >= 11 is 1.47. The molecule has 0 saturated heterocycles. The summed E-state index contributed by atoms with van der Waals surface area (Å²) in [6, 6.07) is 8.11. The number of benzene rings is 1. The highest BCUT2D eigenvalue weighted by Crippen LogP contribution is 2.25. The second kappa shape index (κ2) is 6.10. The third-order valence-corrected chi connectivity index (χ3v) is 4.54. The Labute approximate surface area is 145 Å². The molecule has 0 radical (unpaired) electrons. The summed E-state index contributed by atoms with van der Waals surface area (Å²) in [5, 5.41) is 15.2. The van der Waals surface area contributed by atoms with E-state index in [0.717, 1.165) is 33.2 Å². The molecule has 0 spiro atoms. The number of rotatable bonds is 3. The van der Waals surface area contributed by atoms with Crippen LogP contribution in [0.1, 0.15) is 37.3 Å². The second-order valence-corrected chi connectivity index (χ2v) is 7.53. The minimum Gasteiger partial charge on any atom is -0.360 e. The van der Waals surface area contributed by atoms with E-state index in [2.05, 4.69) is 47.1 Å². The minimum atomic E-state index is -0.0246. The van der Waals surface area contributed by atoms with Crippen molar-refractivity contribution in [2.24, 2.45) is 0 Å². The molecule has 122 valence electrons. The number of nitrogens with one attached hydrogen (secondary N) is 2. The number of allylic oxidation sites excluding steroid dienone is 1. The fourth-order valence-electron chi connectivity index (χ4n) is 2.23. The predicted molar refractivity (Wildman–Crippen MR) is 98.9 cm³/mol. The van der Waals surface area contributed by atoms with Crippen LogP contribution in [0.25, 0.3) is 16.6 Å². The van der Waals surface area contributed by atoms with E-state index in [9.17, 15) is 5.26 Å². The first-order valence-corrected chi connectivity index (χ1v) is 8.54. The van der Waals surface area contributed by atoms with Crippen molar-refractivity contribution < 1.29 is 0 Å². The van der Waals surface area contributed by atoms with Gasteiger partial charge in [-0.25, -0.2) is 9.97 Å². The lowest BCUT2D eigenvalue weighted by Gasteiger charge is -2.13. The first kappa shape index (κ1) is 16.2. The van der Waals surface area contributed by atoms with Gasteiger partial charge < -0.3 is 10.3 Å². The topological polar surface area (TPSA) is 77.4 Å². The van der Waals surface area contributed by atoms with Crippen LogP contribution in [0.3, 0.4) is 0 Å². The smallest absolute Gasteiger partial charge is 0.135 e. The molecule has 5 nitrogen and oxygen atoms in total. The van der Waals surface area contributed by atoms with Gasteiger partial charge in [-0.3, -0.25) is 0 Å². The number of aromatic nitrogens is 3. The van der Waals surface area contributed by atoms with Crippen LogP contribution in [0.15, 0.2) is 29.8 Å². The van der Waals surface area contributed by atoms with Crippen LogP contribution in [0, 0.1) is 18.3 Å². The Morgan fingerprint density at radius 3 is 2.75 bits per heavy atom. The van der Waals surface area contributed by atoms with Gasteiger partial charge in [-0.2, -0.15) is 5.26 Å². The van der Waals surface area contributed by atoms with Crippen molar-refractivity contribution >= 4 is 33.6 Å². The van der Waals surface area contributed by atoms with Crippen molar-refractivity contribution in [3.63, 3.8) is 0 Å². The molecule has 2 aromatic heterocycles. The average molecular weight is 337 g/mol. The molecule has 0 atom stereocenters. The summed E-state index contributed by atoms with van der Waals surface area (Å²) in [6.07, 6.45) is 1.69. The maximum atomic E-state index is 9.32. The van der Waals surface area contributed by atoms with E-state index in [-0.39, 0.29) is 5.41 Å². The molecule has 1 aromatic carbocycles. The summed E-state index contributed by atoms with van der Waals surface area (Å²) in [7, 11) is 0. The number of H-pyrrole nitrogens is 1. The Hall–Kier alpha value is -2.65. The lowest BCUT2D eigenvalue weighted by Crippen LogP contribution is -2.12. The Kier molecular flexibility index (Phi) is 4.12. The second-order valence-electron chi connectivity index (χ2n) is 6.68. The Morgan fingerprint density at radius 1 is 1.33 bits per heavy atom. The molecule has 3 rings (SSSR count). The van der Waals surface area contributed by atoms with Crippen LogP contribution in [-0.2, 0) is 5.41 Å². The van der Waals surface area contributed by atoms with E-state index in [1.165, 1.54) is 11.3 Å². The number of thiazole rings is 1. The van der Waals surface area contributed by atoms with Crippen LogP contribution in [0.5, 0.6) is 0 Å². The molecule has 24 heavy (non-hydrogen) atoms. The maximum absolute atomic E-state index is 9.32. The van der Waals surface area contributed by atoms with Gasteiger partial charge in [0.05, 0.1) is 11.0 Å². The predicted octanol–water partition coefficient (Wildman–Crippen LogP) is 4.60. The van der Waals surface area contributed by atoms with Crippen molar-refractivity contribution in [3.05, 3.63) is 46.3 Å². The van der Waals surface area contributed by atoms with Crippen molar-refractivity contribution in [1.29, 1.82) is 5.26 Å². The molecular weight excluding hydrogens is 318 g/mol. The SMILES string of the molecule is Cc1csc(/C(C#N)=C/Nc2ccc3nc(C(C)(C)C)[nH]c3c2)n1. The van der Waals surface area contributed by atoms with E-state index in [0.29, 0.717) is 5.57 Å². The number of hydrogen-bond donors (Lipinski definition) is 2. The zero-order chi connectivity index (χ0) is 17.3. The third kappa shape index (κ3) is 3.31. The van der Waals surface area contributed by atoms with E-state index in [1.54, 1.807) is 6.20 Å². The molecule has 2 N–H and O–H groups in total. The van der Waals surface area contributed by atoms with Crippen molar-refractivity contribution in [2.45, 2.75) is 33.1 Å². The van der Waals surface area contributed by atoms with E-state index >= 15 is 0 Å². The van der Waals surface area contributed by atoms with Gasteiger partial charge in [0.15, 0.2) is 0 Å². The van der Waals surface area contributed by atoms with Crippen molar-refractivity contribution in [2.75, 3.05) is 5.32 Å². The van der Waals surface area contributed by atoms with E-state index in [1.807, 2.05) is 30.5 Å². The summed E-state index contributed by atoms with van der Waals surface area (Å²) in [6.45, 7) is 8.30. The third-order valence-electron chi connectivity index (χ3n) is 3.55. The number of nitrogens with zero attached hydrogens (tertiary/aromatic N) is 3. The van der Waals surface area contributed by atoms with Crippen LogP contribution in [0.2, 0.25) is 0 Å². The molecule has 0 unspecified atom stereocenters. The molecule has 0 fully saturated rings. The molecule has 0 aliphatic carbocycles. The maximum Gasteiger partial charge on any atom is 0.135 e. The largest absolute Gasteiger partial charge is 0.360 e. The molecule has 0 saturated carbocycles. The van der Waals surface area contributed by atoms with Gasteiger partial charge in [-0.05, 0) is 25.1 Å². The van der Waals surface area contributed by atoms with Gasteiger partial charge in [-0.1, -0.05) is 20.8 Å². The fraction of sp³-hybridized carbons (Fsp3) is 0.278. The van der Waals surface area contributed by atoms with Crippen LogP contribution < -0.4 is 5.32 Å². The van der Waals surface area contributed by atoms with Gasteiger partial charge in [0.2, 0.25) is 0 Å². The Bertz CT molecular complexity index is 950. The molecule has 0 bridgehead atoms. The molecule has 0 aliphatic rings. The first-order chi connectivity index (χ1) is 11.4. The highest BCUT2D eigenvalue weighted by atomic mass is 32.1. The zero-order valence-corrected chi connectivity index (χ0v) is 15.0. The number of imidazole rings is 1. The lowest BCUT2D eigenvalue weighted by molar-refractivity contribution is 0.554. The number of fused-ring (bicyclic) bond motifs is 1. The van der Waals surface area contributed by atoms with Gasteiger partial charge >= 0.3 is 0 Å². The van der Waals surface area contributed by atoms with Gasteiger partial charge in [0.1, 0.15) is 22.5 Å². The average Bonchev–Trinajstić information content (AvgIpc) is 3.13. The van der Waals surface area contributed by atoms with Gasteiger partial charge in [0, 0.05) is 28.4 Å². The Morgan fingerprint density at radius 2 is 2.12 bits per heavy atom. The van der Waals surface area contributed by atoms with E-state index in [4.69, 9.17) is 0 Å². The molecule has 3 aromatic rings. The van der Waals surface area contributed by atoms with Crippen molar-refractivity contribution in [3.8, 4) is 6.07 Å². The highest BCUT2D eigenvalue weighted by molar-refractivity contribution is 7.10. The summed E-state index contributed by atoms with van der Waals surface area (Å²) in [5.74, 6) is 0.959. The molecule has 6 heteroatoms. The number of aromatic amines is 1. The summed E-state index contributed by atoms with van der Waals surface area (Å²) < 4.78 is 0. The Balaban J connectivity index is 1.87. The monoisotopic (exact) mass is 337 g/mol. The number of anilines is 1. The fourth-order valence-corrected chi connectivity index (χ4v) is 2.99. The summed E-state index contributed by atoms with van der Waals surface area (Å²) in [4.78, 5) is 12.3. The normalized spacial score (nSPS) is 12.4. The molecular formula is C18H19N5S. The van der Waals surface area contributed by atoms with Crippen LogP contribution in [-0.4, -0.2) is 15.0 Å². The number of hydrogen-bond acceptors (Lipinski definition) is 5. The first-order valence-electron chi connectivity index (χ1n) is 7.66. The molecule has 0 amide bonds. The zero-order valence-electron chi connectivity index (χ0n) is 14.1. The standard InChI is InChI=1S/C18H19N5S/c1-11-10-24-16(21-11)12(8-19)9-20-13-5-6-14-15(7-13)23-17(22-14)18(2,3)4/h5-7,9-10,20H,1-4H3,(H,22,23)/b12-9+. The van der Waals surface area contributed by atoms with Crippen LogP contribution in [0.4, 0.5) is 5.69 Å².